The maximum absolute atomic E-state index is 5.63. The van der Waals surface area contributed by atoms with Crippen LogP contribution in [0.15, 0.2) is 61.7 Å². The number of benzene rings is 2. The SMILES string of the molecule is C=Cc1ccc(C(C)(C)C)cc1.C=Cc1ccc(Cl)cc1. The van der Waals surface area contributed by atoms with Gasteiger partial charge in [0.15, 0.2) is 0 Å². The van der Waals surface area contributed by atoms with Crippen molar-refractivity contribution in [2.75, 3.05) is 0 Å². The van der Waals surface area contributed by atoms with Crippen molar-refractivity contribution in [2.45, 2.75) is 26.2 Å². The van der Waals surface area contributed by atoms with Gasteiger partial charge in [0.1, 0.15) is 0 Å². The molecule has 0 saturated carbocycles. The van der Waals surface area contributed by atoms with Crippen LogP contribution in [0.4, 0.5) is 0 Å². The van der Waals surface area contributed by atoms with Crippen LogP contribution < -0.4 is 0 Å². The van der Waals surface area contributed by atoms with E-state index >= 15 is 0 Å². The Hall–Kier alpha value is -1.79. The van der Waals surface area contributed by atoms with Gasteiger partial charge in [-0.25, -0.2) is 0 Å². The van der Waals surface area contributed by atoms with E-state index in [0.717, 1.165) is 10.6 Å². The lowest BCUT2D eigenvalue weighted by Crippen LogP contribution is -2.10. The highest BCUT2D eigenvalue weighted by molar-refractivity contribution is 6.30. The van der Waals surface area contributed by atoms with Crippen LogP contribution in [0, 0.1) is 0 Å². The normalized spacial score (nSPS) is 10.3. The molecule has 0 aliphatic heterocycles. The first-order valence-electron chi connectivity index (χ1n) is 6.98. The molecule has 0 unspecified atom stereocenters. The molecule has 0 atom stereocenters. The summed E-state index contributed by atoms with van der Waals surface area (Å²) >= 11 is 5.63. The van der Waals surface area contributed by atoms with E-state index in [-0.39, 0.29) is 5.41 Å². The molecule has 0 spiro atoms. The van der Waals surface area contributed by atoms with E-state index in [2.05, 4.69) is 58.2 Å². The van der Waals surface area contributed by atoms with E-state index in [1.54, 1.807) is 6.08 Å². The Morgan fingerprint density at radius 1 is 0.762 bits per heavy atom. The van der Waals surface area contributed by atoms with E-state index in [9.17, 15) is 0 Å². The summed E-state index contributed by atoms with van der Waals surface area (Å²) < 4.78 is 0. The Morgan fingerprint density at radius 3 is 1.48 bits per heavy atom. The summed E-state index contributed by atoms with van der Waals surface area (Å²) in [5.41, 5.74) is 3.90. The van der Waals surface area contributed by atoms with E-state index in [4.69, 9.17) is 11.6 Å². The van der Waals surface area contributed by atoms with Gasteiger partial charge in [-0.15, -0.1) is 0 Å². The van der Waals surface area contributed by atoms with Crippen LogP contribution in [0.5, 0.6) is 0 Å². The fraction of sp³-hybridized carbons (Fsp3) is 0.200. The first-order chi connectivity index (χ1) is 9.86. The third-order valence-corrected chi connectivity index (χ3v) is 3.37. The van der Waals surface area contributed by atoms with Crippen molar-refractivity contribution in [3.8, 4) is 0 Å². The Bertz CT molecular complexity index is 569. The van der Waals surface area contributed by atoms with Crippen LogP contribution in [0.2, 0.25) is 5.02 Å². The van der Waals surface area contributed by atoms with Crippen molar-refractivity contribution in [1.82, 2.24) is 0 Å². The summed E-state index contributed by atoms with van der Waals surface area (Å²) in [6.07, 6.45) is 3.66. The molecule has 0 fully saturated rings. The third kappa shape index (κ3) is 6.01. The summed E-state index contributed by atoms with van der Waals surface area (Å²) in [6, 6.07) is 16.1. The van der Waals surface area contributed by atoms with E-state index in [1.807, 2.05) is 30.3 Å². The summed E-state index contributed by atoms with van der Waals surface area (Å²) in [7, 11) is 0. The highest BCUT2D eigenvalue weighted by Crippen LogP contribution is 2.22. The van der Waals surface area contributed by atoms with Crippen LogP contribution in [0.25, 0.3) is 12.2 Å². The lowest BCUT2D eigenvalue weighted by Gasteiger charge is -2.18. The molecule has 21 heavy (non-hydrogen) atoms. The molecule has 0 aliphatic rings. The smallest absolute Gasteiger partial charge is 0.0406 e. The van der Waals surface area contributed by atoms with Crippen LogP contribution in [-0.2, 0) is 5.41 Å². The second-order valence-electron chi connectivity index (χ2n) is 5.83. The first kappa shape index (κ1) is 17.3. The van der Waals surface area contributed by atoms with Gasteiger partial charge in [0.25, 0.3) is 0 Å². The molecular formula is C20H23Cl. The first-order valence-corrected chi connectivity index (χ1v) is 7.35. The molecule has 0 saturated heterocycles. The molecule has 0 amide bonds. The molecule has 0 nitrogen and oxygen atoms in total. The molecule has 0 radical (unpaired) electrons. The zero-order valence-electron chi connectivity index (χ0n) is 13.1. The van der Waals surface area contributed by atoms with Crippen LogP contribution in [0.1, 0.15) is 37.5 Å². The minimum absolute atomic E-state index is 0.250. The molecule has 1 heteroatoms. The van der Waals surface area contributed by atoms with Gasteiger partial charge in [0.2, 0.25) is 0 Å². The fourth-order valence-electron chi connectivity index (χ4n) is 1.72. The van der Waals surface area contributed by atoms with Gasteiger partial charge in [-0.1, -0.05) is 94.1 Å². The minimum Gasteiger partial charge on any atom is -0.0985 e. The Labute approximate surface area is 133 Å². The Morgan fingerprint density at radius 2 is 1.14 bits per heavy atom. The monoisotopic (exact) mass is 298 g/mol. The van der Waals surface area contributed by atoms with Gasteiger partial charge in [-0.3, -0.25) is 0 Å². The van der Waals surface area contributed by atoms with Crippen molar-refractivity contribution in [3.63, 3.8) is 0 Å². The Balaban J connectivity index is 0.000000219. The average Bonchev–Trinajstić information content (AvgIpc) is 2.48. The number of halogens is 1. The molecule has 0 aromatic heterocycles. The van der Waals surface area contributed by atoms with Gasteiger partial charge < -0.3 is 0 Å². The highest BCUT2D eigenvalue weighted by Gasteiger charge is 2.12. The second-order valence-corrected chi connectivity index (χ2v) is 6.27. The lowest BCUT2D eigenvalue weighted by molar-refractivity contribution is 0.590. The van der Waals surface area contributed by atoms with Crippen LogP contribution in [0.3, 0.4) is 0 Å². The third-order valence-electron chi connectivity index (χ3n) is 3.12. The fourth-order valence-corrected chi connectivity index (χ4v) is 1.84. The van der Waals surface area contributed by atoms with Gasteiger partial charge in [-0.2, -0.15) is 0 Å². The standard InChI is InChI=1S/C12H16.C8H7Cl/c1-5-10-6-8-11(9-7-10)12(2,3)4;1-2-7-3-5-8(9)6-4-7/h5-9H,1H2,2-4H3;2-6H,1H2. The molecule has 0 N–H and O–H groups in total. The van der Waals surface area contributed by atoms with Crippen molar-refractivity contribution in [2.24, 2.45) is 0 Å². The largest absolute Gasteiger partial charge is 0.0985 e. The zero-order chi connectivity index (χ0) is 15.9. The predicted molar refractivity (Wildman–Crippen MR) is 96.8 cm³/mol. The molecule has 0 heterocycles. The van der Waals surface area contributed by atoms with Crippen molar-refractivity contribution >= 4 is 23.8 Å². The molecular weight excluding hydrogens is 276 g/mol. The highest BCUT2D eigenvalue weighted by atomic mass is 35.5. The van der Waals surface area contributed by atoms with Gasteiger partial charge in [0, 0.05) is 5.02 Å². The maximum atomic E-state index is 5.63. The zero-order valence-corrected chi connectivity index (χ0v) is 13.8. The van der Waals surface area contributed by atoms with E-state index < -0.39 is 0 Å². The molecule has 2 aromatic rings. The van der Waals surface area contributed by atoms with Crippen LogP contribution in [-0.4, -0.2) is 0 Å². The van der Waals surface area contributed by atoms with E-state index in [1.165, 1.54) is 11.1 Å². The summed E-state index contributed by atoms with van der Waals surface area (Å²) in [5, 5.41) is 0.764. The molecule has 0 bridgehead atoms. The maximum Gasteiger partial charge on any atom is 0.0406 e. The Kier molecular flexibility index (Phi) is 6.45. The van der Waals surface area contributed by atoms with Crippen molar-refractivity contribution in [3.05, 3.63) is 83.4 Å². The van der Waals surface area contributed by atoms with Crippen molar-refractivity contribution in [1.29, 1.82) is 0 Å². The summed E-state index contributed by atoms with van der Waals surface area (Å²) in [5.74, 6) is 0. The lowest BCUT2D eigenvalue weighted by atomic mass is 9.87. The average molecular weight is 299 g/mol. The van der Waals surface area contributed by atoms with Crippen molar-refractivity contribution < 1.29 is 0 Å². The molecule has 2 rings (SSSR count). The topological polar surface area (TPSA) is 0 Å². The van der Waals surface area contributed by atoms with Gasteiger partial charge in [0.05, 0.1) is 0 Å². The predicted octanol–water partition coefficient (Wildman–Crippen LogP) is 6.61. The molecule has 110 valence electrons. The minimum atomic E-state index is 0.250. The second kappa shape index (κ2) is 7.85. The van der Waals surface area contributed by atoms with Gasteiger partial charge >= 0.3 is 0 Å². The summed E-state index contributed by atoms with van der Waals surface area (Å²) in [4.78, 5) is 0. The van der Waals surface area contributed by atoms with Crippen LogP contribution >= 0.6 is 11.6 Å². The number of hydrogen-bond acceptors (Lipinski definition) is 0. The molecule has 2 aromatic carbocycles. The quantitative estimate of drug-likeness (QED) is 0.585. The number of rotatable bonds is 2. The number of hydrogen-bond donors (Lipinski definition) is 0. The molecule has 0 aliphatic carbocycles. The van der Waals surface area contributed by atoms with Gasteiger partial charge in [-0.05, 0) is 34.2 Å². The summed E-state index contributed by atoms with van der Waals surface area (Å²) in [6.45, 7) is 14.0. The van der Waals surface area contributed by atoms with E-state index in [0.29, 0.717) is 0 Å².